The summed E-state index contributed by atoms with van der Waals surface area (Å²) in [6.07, 6.45) is 25.2. The van der Waals surface area contributed by atoms with Gasteiger partial charge < -0.3 is 79.3 Å². The smallest absolute Gasteiger partial charge is 0.253 e. The summed E-state index contributed by atoms with van der Waals surface area (Å²) in [7, 11) is 4.17. The summed E-state index contributed by atoms with van der Waals surface area (Å²) in [5, 5.41) is 53.8. The lowest BCUT2D eigenvalue weighted by Gasteiger charge is -2.38. The number of carbonyl (C=O) groups excluding carboxylic acids is 5. The van der Waals surface area contributed by atoms with Crippen molar-refractivity contribution in [3.63, 3.8) is 0 Å². The van der Waals surface area contributed by atoms with E-state index in [2.05, 4.69) is 68.7 Å². The second-order valence-electron chi connectivity index (χ2n) is 42.9. The molecular formula is C106H134Cl5F5N12O9. The van der Waals surface area contributed by atoms with Crippen LogP contribution >= 0.6 is 58.0 Å². The van der Waals surface area contributed by atoms with E-state index in [4.69, 9.17) is 62.7 Å². The molecule has 31 heteroatoms. The maximum Gasteiger partial charge on any atom is 0.253 e. The molecule has 137 heavy (non-hydrogen) atoms. The topological polar surface area (TPSA) is 247 Å². The van der Waals surface area contributed by atoms with Gasteiger partial charge in [-0.3, -0.25) is 24.0 Å². The minimum atomic E-state index is -1.40. The number of aliphatic hydroxyl groups is 3. The summed E-state index contributed by atoms with van der Waals surface area (Å²) in [5.41, 5.74) is -0.949. The van der Waals surface area contributed by atoms with Gasteiger partial charge in [0.2, 0.25) is 0 Å². The fourth-order valence-corrected chi connectivity index (χ4v) is 23.2. The number of aromatic nitrogens is 5. The zero-order valence-corrected chi connectivity index (χ0v) is 83.6. The Kier molecular flexibility index (Phi) is 31.3. The minimum Gasteiger partial charge on any atom is -0.390 e. The van der Waals surface area contributed by atoms with Crippen LogP contribution in [0.15, 0.2) is 122 Å². The summed E-state index contributed by atoms with van der Waals surface area (Å²) in [5.74, 6) is 0.334. The van der Waals surface area contributed by atoms with Gasteiger partial charge in [-0.25, -0.2) is 22.0 Å². The van der Waals surface area contributed by atoms with Crippen molar-refractivity contribution in [3.8, 4) is 0 Å². The van der Waals surface area contributed by atoms with Crippen LogP contribution in [0.4, 0.5) is 22.0 Å². The van der Waals surface area contributed by atoms with Crippen LogP contribution in [0, 0.1) is 17.8 Å². The van der Waals surface area contributed by atoms with E-state index in [9.17, 15) is 61.2 Å². The number of hydrogen-bond donors (Lipinski definition) is 8. The lowest BCUT2D eigenvalue weighted by atomic mass is 9.75. The Labute approximate surface area is 824 Å². The Morgan fingerprint density at radius 3 is 1.15 bits per heavy atom. The van der Waals surface area contributed by atoms with E-state index < -0.39 is 45.1 Å². The zero-order valence-electron chi connectivity index (χ0n) is 79.9. The standard InChI is InChI=1S/C22H28ClFN2O2.C21H27ClFN3O2.C21H27ClFN3O.2C21H26ClFN2O2/c1-21(24)8-10-22(28,11-9-21)7-6-19(27)16-14-26(15-12-25(2)13-15)18-5-3-4-17(23)20(16)18;1-20(23)7-3-8-21(28,12-20)13-25-19(27)15-11-26(14-6-9-24-10-14)17-5-2-4-16(22)18(15)17;1-21(23)8-6-14(7-9-21)10-24-20(27)16-13-26(15-11-25(2)12-15)18-5-3-4-17(22)19(16)18;1-21(23)8-5-14(6-9-21)11-24-20(26)16-13-25(12-15-7-10-27-15)18-4-2-3-17(22)19(16)18;1-20(23)7-5-14(6-8-20)11-24-19(26)15-12-25(13-21(27)9-10-21)17-4-2-3-16(22)18(15)17/h3-5,14-15,28H,6-13H2,1-2H3;2,4-5,11,14,24,28H,3,6-10,12-13H2,1H3,(H,25,27);3-5,13-15H,6-12H2,1-2H3,(H,24,27);2-4,13-15H,5-12H2,1H3,(H,24,26);2-4,12,14,27H,5-11,13H2,1H3,(H,24,26). The van der Waals surface area contributed by atoms with Crippen LogP contribution in [0.3, 0.4) is 0 Å². The molecule has 4 saturated heterocycles. The SMILES string of the molecule is CC1(F)CCC(CNC(=O)c2cn(CC3(O)CC3)c3cccc(Cl)c23)CC1.CC1(F)CCC(CNC(=O)c2cn(CC3CCO3)c3cccc(Cl)c23)CC1.CC1(F)CCCC(O)(CNC(=O)c2cn(C3CCNC3)c3cccc(Cl)c23)C1.CN1CC(n2cc(C(=O)CCC3(O)CCC(C)(F)CC3)c3c(Cl)cccc32)C1.CN1CC(n2cc(C(=O)NCC3CCC(C)(F)CC3)c3c(Cl)cccc32)C1. The molecule has 4 aliphatic heterocycles. The van der Waals surface area contributed by atoms with Crippen molar-refractivity contribution < 1.29 is 66.0 Å². The van der Waals surface area contributed by atoms with Crippen LogP contribution in [0.2, 0.25) is 25.1 Å². The van der Waals surface area contributed by atoms with Gasteiger partial charge in [0.05, 0.1) is 116 Å². The number of hydrogen-bond acceptors (Lipinski definition) is 12. The summed E-state index contributed by atoms with van der Waals surface area (Å²) in [4.78, 5) is 69.2. The van der Waals surface area contributed by atoms with Gasteiger partial charge >= 0.3 is 0 Å². The van der Waals surface area contributed by atoms with Crippen LogP contribution in [-0.2, 0) is 17.8 Å². The number of nitrogens with zero attached hydrogens (tertiary/aromatic N) is 7. The Hall–Kier alpha value is -7.83. The second kappa shape index (κ2) is 42.0. The Morgan fingerprint density at radius 1 is 0.409 bits per heavy atom. The first-order valence-electron chi connectivity index (χ1n) is 49.4. The van der Waals surface area contributed by atoms with Gasteiger partial charge in [0, 0.05) is 154 Å². The number of rotatable bonds is 23. The highest BCUT2D eigenvalue weighted by molar-refractivity contribution is 6.39. The van der Waals surface area contributed by atoms with Crippen molar-refractivity contribution >= 4 is 142 Å². The molecule has 20 rings (SSSR count). The van der Waals surface area contributed by atoms with E-state index in [0.717, 1.165) is 171 Å². The first-order valence-corrected chi connectivity index (χ1v) is 51.3. The molecule has 0 radical (unpaired) electrons. The average Bonchev–Trinajstić information content (AvgIpc) is 1.62. The number of ether oxygens (including phenoxy) is 1. The molecule has 8 N–H and O–H groups in total. The van der Waals surface area contributed by atoms with Gasteiger partial charge in [-0.05, 0) is 288 Å². The number of Topliss-reactive ketones (excluding diaryl/α,β-unsaturated/α-hetero) is 1. The first-order chi connectivity index (χ1) is 65.0. The van der Waals surface area contributed by atoms with E-state index >= 15 is 0 Å². The summed E-state index contributed by atoms with van der Waals surface area (Å²) >= 11 is 32.1. The van der Waals surface area contributed by atoms with Crippen molar-refractivity contribution in [1.29, 1.82) is 0 Å². The Bertz CT molecular complexity index is 6000. The van der Waals surface area contributed by atoms with Crippen LogP contribution in [-0.4, -0.2) is 215 Å². The predicted octanol–water partition coefficient (Wildman–Crippen LogP) is 22.0. The van der Waals surface area contributed by atoms with Gasteiger partial charge in [0.15, 0.2) is 5.78 Å². The quantitative estimate of drug-likeness (QED) is 0.0220. The van der Waals surface area contributed by atoms with E-state index in [1.807, 2.05) is 108 Å². The molecule has 10 fully saturated rings. The average molecular weight is 1990 g/mol. The molecule has 4 atom stereocenters. The van der Waals surface area contributed by atoms with Gasteiger partial charge in [-0.15, -0.1) is 0 Å². The molecule has 10 aliphatic rings. The molecule has 6 aliphatic carbocycles. The van der Waals surface area contributed by atoms with E-state index in [1.165, 1.54) is 6.92 Å². The highest BCUT2D eigenvalue weighted by Gasteiger charge is 2.45. The van der Waals surface area contributed by atoms with Crippen molar-refractivity contribution in [2.75, 3.05) is 86.1 Å². The lowest BCUT2D eigenvalue weighted by molar-refractivity contribution is -0.0586. The number of benzene rings is 5. The predicted molar refractivity (Wildman–Crippen MR) is 536 cm³/mol. The second-order valence-corrected chi connectivity index (χ2v) is 44.9. The largest absolute Gasteiger partial charge is 0.390 e. The van der Waals surface area contributed by atoms with Gasteiger partial charge in [0.25, 0.3) is 23.6 Å². The third-order valence-electron chi connectivity index (χ3n) is 31.0. The van der Waals surface area contributed by atoms with Gasteiger partial charge in [0.1, 0.15) is 28.3 Å². The van der Waals surface area contributed by atoms with Crippen LogP contribution in [0.25, 0.3) is 54.5 Å². The number of alkyl halides is 5. The van der Waals surface area contributed by atoms with Gasteiger partial charge in [-0.1, -0.05) is 88.3 Å². The highest BCUT2D eigenvalue weighted by Crippen LogP contribution is 2.46. The fraction of sp³-hybridized carbons (Fsp3) is 0.575. The number of likely N-dealkylation sites (N-methyl/N-ethyl adjacent to an activating group) is 2. The maximum absolute atomic E-state index is 14.4. The van der Waals surface area contributed by atoms with Crippen LogP contribution in [0.1, 0.15) is 271 Å². The maximum atomic E-state index is 14.4. The molecule has 742 valence electrons. The zero-order chi connectivity index (χ0) is 97.5. The van der Waals surface area contributed by atoms with Gasteiger partial charge in [-0.2, -0.15) is 0 Å². The van der Waals surface area contributed by atoms with Crippen molar-refractivity contribution in [2.24, 2.45) is 17.8 Å². The monoisotopic (exact) mass is 1990 g/mol. The third-order valence-corrected chi connectivity index (χ3v) is 32.5. The summed E-state index contributed by atoms with van der Waals surface area (Å²) < 4.78 is 86.3. The minimum absolute atomic E-state index is 0.00784. The molecule has 5 aromatic carbocycles. The molecule has 5 aromatic heterocycles. The molecule has 21 nitrogen and oxygen atoms in total. The number of ketones is 1. The molecule has 10 aromatic rings. The van der Waals surface area contributed by atoms with Crippen LogP contribution in [0.5, 0.6) is 0 Å². The molecule has 4 amide bonds. The molecule has 6 saturated carbocycles. The number of carbonyl (C=O) groups is 5. The first kappa shape index (κ1) is 102. The fourth-order valence-electron chi connectivity index (χ4n) is 21.9. The van der Waals surface area contributed by atoms with Crippen molar-refractivity contribution in [1.82, 2.24) is 59.2 Å². The summed E-state index contributed by atoms with van der Waals surface area (Å²) in [6, 6.07) is 29.4. The van der Waals surface area contributed by atoms with Crippen molar-refractivity contribution in [3.05, 3.63) is 175 Å². The van der Waals surface area contributed by atoms with E-state index in [1.54, 1.807) is 46.0 Å². The number of nitrogens with one attached hydrogen (secondary N) is 5. The Balaban J connectivity index is 0.000000124. The van der Waals surface area contributed by atoms with E-state index in [-0.39, 0.29) is 60.9 Å². The molecule has 4 unspecified atom stereocenters. The molecular weight excluding hydrogens is 1860 g/mol. The molecule has 0 spiro atoms. The normalized spacial score (nSPS) is 28.4. The number of amides is 4. The number of likely N-dealkylation sites (tertiary alicyclic amines) is 2. The Morgan fingerprint density at radius 2 is 0.766 bits per heavy atom. The van der Waals surface area contributed by atoms with E-state index in [0.29, 0.717) is 199 Å². The highest BCUT2D eigenvalue weighted by atomic mass is 35.5. The number of halogens is 10. The van der Waals surface area contributed by atoms with Crippen molar-refractivity contribution in [2.45, 2.75) is 284 Å². The lowest BCUT2D eigenvalue weighted by Crippen LogP contribution is -2.49. The molecule has 9 heterocycles. The number of fused-ring (bicyclic) bond motifs is 5. The molecule has 0 bridgehead atoms. The third kappa shape index (κ3) is 24.6. The van der Waals surface area contributed by atoms with Crippen LogP contribution < -0.4 is 26.6 Å². The summed E-state index contributed by atoms with van der Waals surface area (Å²) in [6.45, 7) is 17.5.